The van der Waals surface area contributed by atoms with Gasteiger partial charge in [-0.05, 0) is 49.2 Å². The molecule has 10 heteroatoms. The summed E-state index contributed by atoms with van der Waals surface area (Å²) in [5, 5.41) is 3.72. The molecule has 0 spiro atoms. The number of carbonyl (C=O) groups is 4. The first-order valence-electron chi connectivity index (χ1n) is 10.6. The van der Waals surface area contributed by atoms with Gasteiger partial charge in [-0.3, -0.25) is 29.6 Å². The van der Waals surface area contributed by atoms with Gasteiger partial charge in [0.15, 0.2) is 6.61 Å². The van der Waals surface area contributed by atoms with Crippen LogP contribution in [-0.4, -0.2) is 56.1 Å². The number of hydrogen-bond donors (Lipinski definition) is 2. The van der Waals surface area contributed by atoms with Gasteiger partial charge in [0.25, 0.3) is 11.8 Å². The molecule has 1 heterocycles. The second-order valence-electron chi connectivity index (χ2n) is 7.84. The van der Waals surface area contributed by atoms with E-state index in [1.807, 2.05) is 26.0 Å². The van der Waals surface area contributed by atoms with Crippen molar-refractivity contribution < 1.29 is 33.4 Å². The summed E-state index contributed by atoms with van der Waals surface area (Å²) >= 11 is 0. The largest absolute Gasteiger partial charge is 0.496 e. The Hall–Kier alpha value is -4.08. The first-order chi connectivity index (χ1) is 16.2. The molecule has 1 saturated heterocycles. The Balaban J connectivity index is 1.55. The lowest BCUT2D eigenvalue weighted by Gasteiger charge is -2.19. The number of nitrogens with one attached hydrogen (secondary N) is 2. The fourth-order valence-corrected chi connectivity index (χ4v) is 3.50. The van der Waals surface area contributed by atoms with Crippen molar-refractivity contribution in [1.29, 1.82) is 0 Å². The summed E-state index contributed by atoms with van der Waals surface area (Å²) < 4.78 is 15.5. The van der Waals surface area contributed by atoms with E-state index >= 15 is 0 Å². The molecule has 34 heavy (non-hydrogen) atoms. The third kappa shape index (κ3) is 5.64. The van der Waals surface area contributed by atoms with E-state index in [1.54, 1.807) is 24.3 Å². The first kappa shape index (κ1) is 24.6. The van der Waals surface area contributed by atoms with Crippen LogP contribution in [0, 0.1) is 19.8 Å². The molecule has 1 atom stereocenters. The average Bonchev–Trinajstić information content (AvgIpc) is 3.19. The molecule has 0 radical (unpaired) electrons. The van der Waals surface area contributed by atoms with Crippen molar-refractivity contribution >= 4 is 29.4 Å². The molecule has 2 N–H and O–H groups in total. The molecular weight excluding hydrogens is 442 g/mol. The maximum Gasteiger partial charge on any atom is 0.311 e. The number of rotatable bonds is 8. The normalized spacial score (nSPS) is 15.0. The van der Waals surface area contributed by atoms with E-state index in [-0.39, 0.29) is 30.0 Å². The van der Waals surface area contributed by atoms with Crippen LogP contribution < -0.4 is 20.2 Å². The van der Waals surface area contributed by atoms with Crippen molar-refractivity contribution in [2.45, 2.75) is 20.3 Å². The molecular formula is C24H27N3O7. The number of aryl methyl sites for hydroxylation is 2. The number of nitrogens with zero attached hydrogens (tertiary/aromatic N) is 1. The molecule has 180 valence electrons. The van der Waals surface area contributed by atoms with Crippen LogP contribution in [0.5, 0.6) is 11.5 Å². The fourth-order valence-electron chi connectivity index (χ4n) is 3.50. The second kappa shape index (κ2) is 10.7. The minimum atomic E-state index is -0.818. The summed E-state index contributed by atoms with van der Waals surface area (Å²) in [5.74, 6) is -2.54. The molecule has 2 aromatic rings. The Labute approximate surface area is 197 Å². The van der Waals surface area contributed by atoms with Gasteiger partial charge in [0.1, 0.15) is 17.1 Å². The highest BCUT2D eigenvalue weighted by atomic mass is 16.5. The van der Waals surface area contributed by atoms with Crippen LogP contribution in [0.15, 0.2) is 36.4 Å². The molecule has 2 aromatic carbocycles. The maximum absolute atomic E-state index is 12.8. The van der Waals surface area contributed by atoms with Gasteiger partial charge < -0.3 is 19.5 Å². The number of hydrogen-bond acceptors (Lipinski definition) is 7. The molecule has 0 aliphatic carbocycles. The van der Waals surface area contributed by atoms with E-state index in [0.717, 1.165) is 16.1 Å². The summed E-state index contributed by atoms with van der Waals surface area (Å²) in [6.07, 6.45) is -0.152. The number of benzene rings is 2. The van der Waals surface area contributed by atoms with Crippen LogP contribution in [0.2, 0.25) is 0 Å². The summed E-state index contributed by atoms with van der Waals surface area (Å²) in [7, 11) is 2.82. The minimum absolute atomic E-state index is 0.0837. The van der Waals surface area contributed by atoms with Crippen LogP contribution in [0.25, 0.3) is 0 Å². The number of methoxy groups -OCH3 is 2. The average molecular weight is 469 g/mol. The molecule has 3 rings (SSSR count). The highest BCUT2D eigenvalue weighted by Crippen LogP contribution is 2.28. The molecule has 0 bridgehead atoms. The molecule has 0 saturated carbocycles. The Morgan fingerprint density at radius 1 is 1.03 bits per heavy atom. The van der Waals surface area contributed by atoms with Gasteiger partial charge in [0.05, 0.1) is 26.7 Å². The van der Waals surface area contributed by atoms with E-state index in [4.69, 9.17) is 14.2 Å². The number of hydrazine groups is 1. The molecule has 10 nitrogen and oxygen atoms in total. The summed E-state index contributed by atoms with van der Waals surface area (Å²) in [5.41, 5.74) is 5.32. The number of carbonyl (C=O) groups excluding carboxylic acids is 4. The first-order valence-corrected chi connectivity index (χ1v) is 10.6. The standard InChI is InChI=1S/C24H27N3O7/c1-14-8-9-17(10-15(14)2)25-20(28)13-34-24(31)16-11-21(29)27(12-16)26-23(30)22-18(32-3)6-5-7-19(22)33-4/h5-10,16H,11-13H2,1-4H3,(H,25,28)(H,26,30)/t16-/m0/s1. The van der Waals surface area contributed by atoms with Crippen LogP contribution in [0.1, 0.15) is 27.9 Å². The van der Waals surface area contributed by atoms with Gasteiger partial charge in [-0.25, -0.2) is 0 Å². The Bertz CT molecular complexity index is 1090. The van der Waals surface area contributed by atoms with Crippen molar-refractivity contribution in [3.63, 3.8) is 0 Å². The van der Waals surface area contributed by atoms with Crippen LogP contribution in [-0.2, 0) is 19.1 Å². The fraction of sp³-hybridized carbons (Fsp3) is 0.333. The predicted molar refractivity (Wildman–Crippen MR) is 122 cm³/mol. The number of amides is 3. The number of ether oxygens (including phenoxy) is 3. The number of esters is 1. The van der Waals surface area contributed by atoms with Crippen molar-refractivity contribution in [2.75, 3.05) is 32.7 Å². The van der Waals surface area contributed by atoms with Gasteiger partial charge in [0, 0.05) is 12.1 Å². The maximum atomic E-state index is 12.8. The number of anilines is 1. The second-order valence-corrected chi connectivity index (χ2v) is 7.84. The Kier molecular flexibility index (Phi) is 7.72. The molecule has 1 aliphatic heterocycles. The van der Waals surface area contributed by atoms with Crippen LogP contribution in [0.3, 0.4) is 0 Å². The lowest BCUT2D eigenvalue weighted by atomic mass is 10.1. The SMILES string of the molecule is COc1cccc(OC)c1C(=O)NN1C[C@@H](C(=O)OCC(=O)Nc2ccc(C)c(C)c2)CC1=O. The summed E-state index contributed by atoms with van der Waals surface area (Å²) in [6, 6.07) is 10.3. The van der Waals surface area contributed by atoms with E-state index < -0.39 is 36.2 Å². The lowest BCUT2D eigenvalue weighted by Crippen LogP contribution is -2.43. The highest BCUT2D eigenvalue weighted by molar-refractivity contribution is 6.01. The van der Waals surface area contributed by atoms with E-state index in [0.29, 0.717) is 5.69 Å². The molecule has 1 aliphatic rings. The van der Waals surface area contributed by atoms with Crippen molar-refractivity contribution in [3.05, 3.63) is 53.1 Å². The molecule has 3 amide bonds. The van der Waals surface area contributed by atoms with Crippen molar-refractivity contribution in [2.24, 2.45) is 5.92 Å². The molecule has 1 fully saturated rings. The van der Waals surface area contributed by atoms with E-state index in [2.05, 4.69) is 10.7 Å². The lowest BCUT2D eigenvalue weighted by molar-refractivity contribution is -0.151. The quantitative estimate of drug-likeness (QED) is 0.567. The van der Waals surface area contributed by atoms with Gasteiger partial charge in [0.2, 0.25) is 5.91 Å². The van der Waals surface area contributed by atoms with Gasteiger partial charge in [-0.2, -0.15) is 0 Å². The zero-order valence-electron chi connectivity index (χ0n) is 19.5. The molecule has 0 unspecified atom stereocenters. The zero-order valence-corrected chi connectivity index (χ0v) is 19.5. The Morgan fingerprint density at radius 3 is 2.32 bits per heavy atom. The third-order valence-electron chi connectivity index (χ3n) is 5.49. The van der Waals surface area contributed by atoms with Gasteiger partial charge in [-0.15, -0.1) is 0 Å². The Morgan fingerprint density at radius 2 is 1.71 bits per heavy atom. The third-order valence-corrected chi connectivity index (χ3v) is 5.49. The zero-order chi connectivity index (χ0) is 24.8. The van der Waals surface area contributed by atoms with Crippen LogP contribution >= 0.6 is 0 Å². The minimum Gasteiger partial charge on any atom is -0.496 e. The van der Waals surface area contributed by atoms with Crippen molar-refractivity contribution in [1.82, 2.24) is 10.4 Å². The predicted octanol–water partition coefficient (Wildman–Crippen LogP) is 2.00. The summed E-state index contributed by atoms with van der Waals surface area (Å²) in [4.78, 5) is 49.7. The molecule has 0 aromatic heterocycles. The smallest absolute Gasteiger partial charge is 0.311 e. The highest BCUT2D eigenvalue weighted by Gasteiger charge is 2.37. The summed E-state index contributed by atoms with van der Waals surface area (Å²) in [6.45, 7) is 3.32. The monoisotopic (exact) mass is 469 g/mol. The van der Waals surface area contributed by atoms with Gasteiger partial charge in [-0.1, -0.05) is 12.1 Å². The van der Waals surface area contributed by atoms with E-state index in [1.165, 1.54) is 14.2 Å². The van der Waals surface area contributed by atoms with Crippen molar-refractivity contribution in [3.8, 4) is 11.5 Å². The topological polar surface area (TPSA) is 123 Å². The van der Waals surface area contributed by atoms with Crippen LogP contribution in [0.4, 0.5) is 5.69 Å². The van der Waals surface area contributed by atoms with Gasteiger partial charge >= 0.3 is 5.97 Å². The van der Waals surface area contributed by atoms with E-state index in [9.17, 15) is 19.2 Å².